The predicted molar refractivity (Wildman–Crippen MR) is 91.5 cm³/mol. The summed E-state index contributed by atoms with van der Waals surface area (Å²) in [5.41, 5.74) is 8.74. The van der Waals surface area contributed by atoms with Gasteiger partial charge in [-0.25, -0.2) is 0 Å². The van der Waals surface area contributed by atoms with E-state index in [1.807, 2.05) is 0 Å². The van der Waals surface area contributed by atoms with Crippen LogP contribution in [0.5, 0.6) is 0 Å². The minimum absolute atomic E-state index is 0.523. The molecule has 0 saturated carbocycles. The fourth-order valence-corrected chi connectivity index (χ4v) is 4.66. The monoisotopic (exact) mass is 351 g/mol. The maximum atomic E-state index is 5.85. The third kappa shape index (κ3) is 3.19. The highest BCUT2D eigenvalue weighted by molar-refractivity contribution is 9.10. The molecule has 0 bridgehead atoms. The fraction of sp³-hybridized carbons (Fsp3) is 0.647. The van der Waals surface area contributed by atoms with Gasteiger partial charge in [-0.1, -0.05) is 28.1 Å². The van der Waals surface area contributed by atoms with Crippen molar-refractivity contribution in [1.82, 2.24) is 9.80 Å². The Morgan fingerprint density at radius 2 is 2.10 bits per heavy atom. The van der Waals surface area contributed by atoms with Crippen molar-refractivity contribution in [2.45, 2.75) is 24.8 Å². The first-order chi connectivity index (χ1) is 10.1. The first-order valence-corrected chi connectivity index (χ1v) is 8.76. The van der Waals surface area contributed by atoms with Gasteiger partial charge in [0.15, 0.2) is 0 Å². The van der Waals surface area contributed by atoms with E-state index in [2.05, 4.69) is 58.0 Å². The maximum Gasteiger partial charge on any atom is 0.0349 e. The molecule has 1 aromatic carbocycles. The lowest BCUT2D eigenvalue weighted by Gasteiger charge is -2.21. The van der Waals surface area contributed by atoms with Crippen LogP contribution in [0.2, 0.25) is 0 Å². The zero-order chi connectivity index (χ0) is 15.0. The van der Waals surface area contributed by atoms with Crippen molar-refractivity contribution < 1.29 is 0 Å². The fourth-order valence-electron chi connectivity index (χ4n) is 3.94. The average Bonchev–Trinajstić information content (AvgIpc) is 3.04. The highest BCUT2D eigenvalue weighted by Gasteiger charge is 2.30. The SMILES string of the molecule is CN1CCC(c2ccc(C3CC(CN)CN3C)cc2Br)C1. The van der Waals surface area contributed by atoms with E-state index in [0.29, 0.717) is 17.9 Å². The van der Waals surface area contributed by atoms with Gasteiger partial charge in [0.25, 0.3) is 0 Å². The number of rotatable bonds is 3. The molecule has 2 heterocycles. The van der Waals surface area contributed by atoms with Crippen LogP contribution in [0.1, 0.15) is 35.9 Å². The Hall–Kier alpha value is -0.420. The molecule has 3 atom stereocenters. The topological polar surface area (TPSA) is 32.5 Å². The Labute approximate surface area is 136 Å². The van der Waals surface area contributed by atoms with E-state index in [4.69, 9.17) is 5.73 Å². The second kappa shape index (κ2) is 6.37. The lowest BCUT2D eigenvalue weighted by Crippen LogP contribution is -2.20. The van der Waals surface area contributed by atoms with E-state index in [1.54, 1.807) is 0 Å². The van der Waals surface area contributed by atoms with Crippen molar-refractivity contribution in [3.63, 3.8) is 0 Å². The van der Waals surface area contributed by atoms with E-state index < -0.39 is 0 Å². The van der Waals surface area contributed by atoms with E-state index in [-0.39, 0.29) is 0 Å². The Kier molecular flexibility index (Phi) is 4.69. The second-order valence-electron chi connectivity index (χ2n) is 6.82. The Morgan fingerprint density at radius 1 is 1.29 bits per heavy atom. The molecule has 2 aliphatic rings. The quantitative estimate of drug-likeness (QED) is 0.908. The number of likely N-dealkylation sites (N-methyl/N-ethyl adjacent to an activating group) is 1. The molecule has 2 aliphatic heterocycles. The summed E-state index contributed by atoms with van der Waals surface area (Å²) in [6.07, 6.45) is 2.46. The van der Waals surface area contributed by atoms with Gasteiger partial charge in [-0.05, 0) is 69.1 Å². The Morgan fingerprint density at radius 3 is 2.67 bits per heavy atom. The van der Waals surface area contributed by atoms with Crippen LogP contribution in [0.3, 0.4) is 0 Å². The smallest absolute Gasteiger partial charge is 0.0349 e. The summed E-state index contributed by atoms with van der Waals surface area (Å²) in [6, 6.07) is 7.54. The first-order valence-electron chi connectivity index (χ1n) is 7.96. The maximum absolute atomic E-state index is 5.85. The Bertz CT molecular complexity index is 505. The molecule has 2 N–H and O–H groups in total. The van der Waals surface area contributed by atoms with E-state index in [9.17, 15) is 0 Å². The van der Waals surface area contributed by atoms with Gasteiger partial charge < -0.3 is 10.6 Å². The molecular weight excluding hydrogens is 326 g/mol. The van der Waals surface area contributed by atoms with Crippen LogP contribution in [0.15, 0.2) is 22.7 Å². The minimum atomic E-state index is 0.523. The summed E-state index contributed by atoms with van der Waals surface area (Å²) in [5, 5.41) is 0. The van der Waals surface area contributed by atoms with Gasteiger partial charge in [-0.15, -0.1) is 0 Å². The van der Waals surface area contributed by atoms with Gasteiger partial charge in [-0.2, -0.15) is 0 Å². The molecule has 0 amide bonds. The third-order valence-electron chi connectivity index (χ3n) is 5.21. The van der Waals surface area contributed by atoms with E-state index in [0.717, 1.165) is 13.1 Å². The number of hydrogen-bond donors (Lipinski definition) is 1. The molecule has 2 saturated heterocycles. The molecule has 3 nitrogen and oxygen atoms in total. The molecule has 0 aromatic heterocycles. The molecule has 1 aromatic rings. The van der Waals surface area contributed by atoms with Crippen LogP contribution in [-0.4, -0.2) is 50.1 Å². The van der Waals surface area contributed by atoms with E-state index >= 15 is 0 Å². The molecule has 0 spiro atoms. The summed E-state index contributed by atoms with van der Waals surface area (Å²) in [5.74, 6) is 1.32. The summed E-state index contributed by atoms with van der Waals surface area (Å²) < 4.78 is 1.28. The predicted octanol–water partition coefficient (Wildman–Crippen LogP) is 2.82. The van der Waals surface area contributed by atoms with Crippen molar-refractivity contribution in [2.75, 3.05) is 40.3 Å². The van der Waals surface area contributed by atoms with Gasteiger partial charge >= 0.3 is 0 Å². The minimum Gasteiger partial charge on any atom is -0.330 e. The largest absolute Gasteiger partial charge is 0.330 e. The molecule has 2 fully saturated rings. The van der Waals surface area contributed by atoms with Gasteiger partial charge in [0.2, 0.25) is 0 Å². The lowest BCUT2D eigenvalue weighted by atomic mass is 9.94. The highest BCUT2D eigenvalue weighted by Crippen LogP contribution is 2.38. The van der Waals surface area contributed by atoms with Crippen LogP contribution >= 0.6 is 15.9 Å². The Balaban J connectivity index is 1.78. The van der Waals surface area contributed by atoms with Crippen LogP contribution in [-0.2, 0) is 0 Å². The number of halogens is 1. The van der Waals surface area contributed by atoms with Gasteiger partial charge in [-0.3, -0.25) is 4.90 Å². The van der Waals surface area contributed by atoms with Gasteiger partial charge in [0.05, 0.1) is 0 Å². The van der Waals surface area contributed by atoms with Crippen molar-refractivity contribution in [2.24, 2.45) is 11.7 Å². The summed E-state index contributed by atoms with van der Waals surface area (Å²) >= 11 is 3.81. The average molecular weight is 352 g/mol. The molecule has 0 aliphatic carbocycles. The summed E-state index contributed by atoms with van der Waals surface area (Å²) in [7, 11) is 4.43. The number of benzene rings is 1. The van der Waals surface area contributed by atoms with Gasteiger partial charge in [0, 0.05) is 23.6 Å². The van der Waals surface area contributed by atoms with Gasteiger partial charge in [0.1, 0.15) is 0 Å². The third-order valence-corrected chi connectivity index (χ3v) is 5.90. The van der Waals surface area contributed by atoms with Crippen LogP contribution < -0.4 is 5.73 Å². The molecule has 116 valence electrons. The number of nitrogens with two attached hydrogens (primary N) is 1. The molecule has 0 radical (unpaired) electrons. The number of hydrogen-bond acceptors (Lipinski definition) is 3. The van der Waals surface area contributed by atoms with Crippen molar-refractivity contribution >= 4 is 15.9 Å². The number of likely N-dealkylation sites (tertiary alicyclic amines) is 2. The normalized spacial score (nSPS) is 31.1. The van der Waals surface area contributed by atoms with Crippen molar-refractivity contribution in [3.8, 4) is 0 Å². The summed E-state index contributed by atoms with van der Waals surface area (Å²) in [6.45, 7) is 4.31. The molecule has 21 heavy (non-hydrogen) atoms. The lowest BCUT2D eigenvalue weighted by molar-refractivity contribution is 0.313. The standard InChI is InChI=1S/C17H26BrN3/c1-20-6-5-14(11-20)15-4-3-13(8-16(15)18)17-7-12(9-19)10-21(17)2/h3-4,8,12,14,17H,5-7,9-11,19H2,1-2H3. The first kappa shape index (κ1) is 15.5. The second-order valence-corrected chi connectivity index (χ2v) is 7.68. The van der Waals surface area contributed by atoms with Crippen LogP contribution in [0, 0.1) is 5.92 Å². The summed E-state index contributed by atoms with van der Waals surface area (Å²) in [4.78, 5) is 4.87. The van der Waals surface area contributed by atoms with Crippen LogP contribution in [0.25, 0.3) is 0 Å². The zero-order valence-electron chi connectivity index (χ0n) is 13.1. The van der Waals surface area contributed by atoms with Crippen molar-refractivity contribution in [1.29, 1.82) is 0 Å². The number of nitrogens with zero attached hydrogens (tertiary/aromatic N) is 2. The molecular formula is C17H26BrN3. The molecule has 4 heteroatoms. The molecule has 3 unspecified atom stereocenters. The van der Waals surface area contributed by atoms with Crippen molar-refractivity contribution in [3.05, 3.63) is 33.8 Å². The van der Waals surface area contributed by atoms with E-state index in [1.165, 1.54) is 41.5 Å². The zero-order valence-corrected chi connectivity index (χ0v) is 14.6. The van der Waals surface area contributed by atoms with Crippen LogP contribution in [0.4, 0.5) is 0 Å². The molecule has 3 rings (SSSR count). The highest BCUT2D eigenvalue weighted by atomic mass is 79.9.